The van der Waals surface area contributed by atoms with Crippen LogP contribution in [0.4, 0.5) is 10.5 Å². The van der Waals surface area contributed by atoms with Crippen molar-refractivity contribution >= 4 is 17.6 Å². The number of urea groups is 1. The van der Waals surface area contributed by atoms with Crippen LogP contribution in [-0.2, 0) is 4.79 Å². The Labute approximate surface area is 106 Å². The molecule has 2 rings (SSSR count). The molecule has 0 aromatic heterocycles. The second-order valence-electron chi connectivity index (χ2n) is 4.55. The highest BCUT2D eigenvalue weighted by molar-refractivity contribution is 5.91. The first-order chi connectivity index (χ1) is 8.58. The van der Waals surface area contributed by atoms with Gasteiger partial charge in [0.2, 0.25) is 5.91 Å². The van der Waals surface area contributed by atoms with E-state index in [4.69, 9.17) is 0 Å². The Morgan fingerprint density at radius 1 is 1.33 bits per heavy atom. The number of likely N-dealkylation sites (N-methyl/N-ethyl adjacent to an activating group) is 2. The monoisotopic (exact) mass is 247 g/mol. The molecule has 5 nitrogen and oxygen atoms in total. The van der Waals surface area contributed by atoms with E-state index >= 15 is 0 Å². The number of rotatable bonds is 3. The van der Waals surface area contributed by atoms with Crippen LogP contribution >= 0.6 is 0 Å². The Morgan fingerprint density at radius 2 is 2.00 bits per heavy atom. The van der Waals surface area contributed by atoms with Crippen molar-refractivity contribution in [3.8, 4) is 0 Å². The summed E-state index contributed by atoms with van der Waals surface area (Å²) in [5, 5.41) is 2.82. The third kappa shape index (κ3) is 2.61. The smallest absolute Gasteiger partial charge is 0.319 e. The molecule has 0 saturated carbocycles. The van der Waals surface area contributed by atoms with Crippen LogP contribution in [0.3, 0.4) is 0 Å². The van der Waals surface area contributed by atoms with E-state index < -0.39 is 0 Å². The van der Waals surface area contributed by atoms with Crippen LogP contribution in [0.2, 0.25) is 0 Å². The molecule has 96 valence electrons. The Bertz CT molecular complexity index is 447. The van der Waals surface area contributed by atoms with E-state index in [2.05, 4.69) is 5.32 Å². The predicted molar refractivity (Wildman–Crippen MR) is 69.3 cm³/mol. The lowest BCUT2D eigenvalue weighted by atomic mass is 10.2. The number of carbonyl (C=O) groups excluding carboxylic acids is 2. The second kappa shape index (κ2) is 5.08. The molecule has 1 aromatic rings. The summed E-state index contributed by atoms with van der Waals surface area (Å²) >= 11 is 0. The highest BCUT2D eigenvalue weighted by Crippen LogP contribution is 2.15. The van der Waals surface area contributed by atoms with Gasteiger partial charge in [0.1, 0.15) is 0 Å². The van der Waals surface area contributed by atoms with Gasteiger partial charge in [-0.2, -0.15) is 0 Å². The summed E-state index contributed by atoms with van der Waals surface area (Å²) in [4.78, 5) is 26.7. The van der Waals surface area contributed by atoms with Crippen molar-refractivity contribution in [1.82, 2.24) is 9.80 Å². The van der Waals surface area contributed by atoms with Gasteiger partial charge < -0.3 is 15.1 Å². The van der Waals surface area contributed by atoms with E-state index in [-0.39, 0.29) is 18.0 Å². The number of para-hydroxylation sites is 1. The molecule has 3 amide bonds. The minimum atomic E-state index is -0.0684. The first-order valence-electron chi connectivity index (χ1n) is 5.91. The molecule has 18 heavy (non-hydrogen) atoms. The van der Waals surface area contributed by atoms with Crippen molar-refractivity contribution in [1.29, 1.82) is 0 Å². The van der Waals surface area contributed by atoms with Gasteiger partial charge in [0.15, 0.2) is 0 Å². The zero-order valence-electron chi connectivity index (χ0n) is 10.6. The molecule has 1 aliphatic heterocycles. The van der Waals surface area contributed by atoms with Crippen molar-refractivity contribution in [3.05, 3.63) is 30.3 Å². The van der Waals surface area contributed by atoms with E-state index in [9.17, 15) is 9.59 Å². The predicted octanol–water partition coefficient (Wildman–Crippen LogP) is 1.38. The maximum absolute atomic E-state index is 11.9. The standard InChI is InChI=1S/C13H17N3O2/c1-15-9-11(16(2)13(15)18)8-12(17)14-10-6-4-3-5-7-10/h3-7,11H,8-9H2,1-2H3,(H,14,17). The number of nitrogens with zero attached hydrogens (tertiary/aromatic N) is 2. The molecule has 0 radical (unpaired) electrons. The summed E-state index contributed by atoms with van der Waals surface area (Å²) < 4.78 is 0. The van der Waals surface area contributed by atoms with Crippen LogP contribution in [0.25, 0.3) is 0 Å². The second-order valence-corrected chi connectivity index (χ2v) is 4.55. The zero-order valence-corrected chi connectivity index (χ0v) is 10.6. The Balaban J connectivity index is 1.91. The van der Waals surface area contributed by atoms with E-state index in [0.29, 0.717) is 13.0 Å². The van der Waals surface area contributed by atoms with E-state index in [1.165, 1.54) is 0 Å². The molecular weight excluding hydrogens is 230 g/mol. The van der Waals surface area contributed by atoms with Crippen LogP contribution in [0.5, 0.6) is 0 Å². The summed E-state index contributed by atoms with van der Waals surface area (Å²) in [7, 11) is 3.47. The van der Waals surface area contributed by atoms with Gasteiger partial charge in [-0.3, -0.25) is 4.79 Å². The molecule has 1 aliphatic rings. The number of benzene rings is 1. The number of amides is 3. The van der Waals surface area contributed by atoms with Crippen molar-refractivity contribution in [2.45, 2.75) is 12.5 Å². The van der Waals surface area contributed by atoms with Gasteiger partial charge >= 0.3 is 6.03 Å². The number of anilines is 1. The van der Waals surface area contributed by atoms with E-state index in [0.717, 1.165) is 5.69 Å². The van der Waals surface area contributed by atoms with Gasteiger partial charge in [0, 0.05) is 32.7 Å². The molecule has 0 aliphatic carbocycles. The van der Waals surface area contributed by atoms with Crippen molar-refractivity contribution < 1.29 is 9.59 Å². The first-order valence-corrected chi connectivity index (χ1v) is 5.91. The third-order valence-electron chi connectivity index (χ3n) is 3.14. The fraction of sp³-hybridized carbons (Fsp3) is 0.385. The quantitative estimate of drug-likeness (QED) is 0.877. The number of carbonyl (C=O) groups is 2. The molecule has 1 saturated heterocycles. The molecule has 1 atom stereocenters. The molecular formula is C13H17N3O2. The van der Waals surface area contributed by atoms with Gasteiger partial charge in [0.25, 0.3) is 0 Å². The fourth-order valence-corrected chi connectivity index (χ4v) is 2.09. The van der Waals surface area contributed by atoms with Crippen LogP contribution in [0.15, 0.2) is 30.3 Å². The van der Waals surface area contributed by atoms with Crippen molar-refractivity contribution in [2.24, 2.45) is 0 Å². The number of nitrogens with one attached hydrogen (secondary N) is 1. The van der Waals surface area contributed by atoms with Gasteiger partial charge in [-0.25, -0.2) is 4.79 Å². The van der Waals surface area contributed by atoms with E-state index in [1.54, 1.807) is 23.9 Å². The third-order valence-corrected chi connectivity index (χ3v) is 3.14. The van der Waals surface area contributed by atoms with Gasteiger partial charge in [-0.05, 0) is 12.1 Å². The average molecular weight is 247 g/mol. The fourth-order valence-electron chi connectivity index (χ4n) is 2.09. The topological polar surface area (TPSA) is 52.7 Å². The van der Waals surface area contributed by atoms with Crippen LogP contribution in [-0.4, -0.2) is 48.4 Å². The molecule has 1 N–H and O–H groups in total. The Morgan fingerprint density at radius 3 is 2.56 bits per heavy atom. The molecule has 1 heterocycles. The summed E-state index contributed by atoms with van der Waals surface area (Å²) in [6, 6.07) is 9.23. The largest absolute Gasteiger partial charge is 0.326 e. The van der Waals surface area contributed by atoms with Crippen molar-refractivity contribution in [2.75, 3.05) is 26.0 Å². The SMILES string of the molecule is CN1CC(CC(=O)Nc2ccccc2)N(C)C1=O. The number of hydrogen-bond acceptors (Lipinski definition) is 2. The molecule has 1 fully saturated rings. The van der Waals surface area contributed by atoms with Crippen LogP contribution in [0.1, 0.15) is 6.42 Å². The minimum absolute atomic E-state index is 0.0347. The lowest BCUT2D eigenvalue weighted by Crippen LogP contribution is -2.33. The minimum Gasteiger partial charge on any atom is -0.326 e. The van der Waals surface area contributed by atoms with Gasteiger partial charge in [-0.1, -0.05) is 18.2 Å². The highest BCUT2D eigenvalue weighted by Gasteiger charge is 2.33. The van der Waals surface area contributed by atoms with Crippen LogP contribution < -0.4 is 5.32 Å². The van der Waals surface area contributed by atoms with E-state index in [1.807, 2.05) is 30.3 Å². The molecule has 5 heteroatoms. The van der Waals surface area contributed by atoms with Gasteiger partial charge in [-0.15, -0.1) is 0 Å². The lowest BCUT2D eigenvalue weighted by molar-refractivity contribution is -0.116. The maximum Gasteiger partial charge on any atom is 0.319 e. The summed E-state index contributed by atoms with van der Waals surface area (Å²) in [6.45, 7) is 0.595. The molecule has 0 bridgehead atoms. The summed E-state index contributed by atoms with van der Waals surface area (Å²) in [5.74, 6) is -0.0684. The normalized spacial score (nSPS) is 19.2. The highest BCUT2D eigenvalue weighted by atomic mass is 16.2. The summed E-state index contributed by atoms with van der Waals surface area (Å²) in [6.07, 6.45) is 0.321. The average Bonchev–Trinajstić information content (AvgIpc) is 2.58. The Kier molecular flexibility index (Phi) is 3.50. The summed E-state index contributed by atoms with van der Waals surface area (Å²) in [5.41, 5.74) is 0.780. The van der Waals surface area contributed by atoms with Crippen molar-refractivity contribution in [3.63, 3.8) is 0 Å². The van der Waals surface area contributed by atoms with Crippen LogP contribution in [0, 0.1) is 0 Å². The molecule has 1 aromatic carbocycles. The first kappa shape index (κ1) is 12.4. The Hall–Kier alpha value is -2.04. The zero-order chi connectivity index (χ0) is 13.1. The maximum atomic E-state index is 11.9. The molecule has 1 unspecified atom stereocenters. The number of hydrogen-bond donors (Lipinski definition) is 1. The van der Waals surface area contributed by atoms with Gasteiger partial charge in [0.05, 0.1) is 6.04 Å². The lowest BCUT2D eigenvalue weighted by Gasteiger charge is -2.17. The molecule has 0 spiro atoms.